The summed E-state index contributed by atoms with van der Waals surface area (Å²) in [6.07, 6.45) is -7.91. The van der Waals surface area contributed by atoms with Gasteiger partial charge in [-0.25, -0.2) is 4.98 Å². The Morgan fingerprint density at radius 3 is 2.46 bits per heavy atom. The van der Waals surface area contributed by atoms with Crippen LogP contribution in [0, 0.1) is 0 Å². The predicted octanol–water partition coefficient (Wildman–Crippen LogP) is 4.48. The number of hydrogen-bond donors (Lipinski definition) is 2. The van der Waals surface area contributed by atoms with Gasteiger partial charge in [-0.3, -0.25) is 9.48 Å². The summed E-state index contributed by atoms with van der Waals surface area (Å²) < 4.78 is 90.1. The summed E-state index contributed by atoms with van der Waals surface area (Å²) in [5.41, 5.74) is -1.00. The van der Waals surface area contributed by atoms with E-state index in [2.05, 4.69) is 20.3 Å². The van der Waals surface area contributed by atoms with Crippen LogP contribution in [0.25, 0.3) is 11.6 Å². The number of amides is 1. The first-order valence-corrected chi connectivity index (χ1v) is 12.0. The number of pyridine rings is 1. The molecule has 0 fully saturated rings. The first-order chi connectivity index (χ1) is 18.1. The maximum Gasteiger partial charge on any atom is 0.426 e. The summed E-state index contributed by atoms with van der Waals surface area (Å²) in [5, 5.41) is 21.4. The fourth-order valence-corrected chi connectivity index (χ4v) is 4.16. The van der Waals surface area contributed by atoms with Gasteiger partial charge in [-0.1, -0.05) is 6.42 Å². The molecule has 16 heteroatoms. The van der Waals surface area contributed by atoms with Crippen LogP contribution in [-0.4, -0.2) is 53.6 Å². The molecule has 1 atom stereocenters. The highest BCUT2D eigenvalue weighted by atomic mass is 19.4. The standard InChI is InChI=1S/C23H25F6N7O3/c1-12(2)36-11-13(9-31-36)10-35-7-5-3-4-6-21(38,23(27,28)29)20-34-33-18(39-20)17-15(30)8-14(22(24,25)26)16(32-17)19(35)37/h8-9,11-12,38H,3-7,10,30H2,1-2H3/t21-/m1/s1. The van der Waals surface area contributed by atoms with Crippen LogP contribution in [0.2, 0.25) is 0 Å². The number of hydrogen-bond acceptors (Lipinski definition) is 8. The van der Waals surface area contributed by atoms with Crippen molar-refractivity contribution in [2.45, 2.75) is 70.1 Å². The number of aliphatic hydroxyl groups is 1. The summed E-state index contributed by atoms with van der Waals surface area (Å²) >= 11 is 0. The highest BCUT2D eigenvalue weighted by molar-refractivity contribution is 5.95. The normalized spacial score (nSPS) is 19.4. The van der Waals surface area contributed by atoms with Gasteiger partial charge in [0.1, 0.15) is 5.69 Å². The number of anilines is 1. The van der Waals surface area contributed by atoms with Crippen molar-refractivity contribution in [3.63, 3.8) is 0 Å². The molecule has 39 heavy (non-hydrogen) atoms. The monoisotopic (exact) mass is 561 g/mol. The van der Waals surface area contributed by atoms with Gasteiger partial charge in [0.25, 0.3) is 17.7 Å². The van der Waals surface area contributed by atoms with E-state index in [4.69, 9.17) is 10.2 Å². The van der Waals surface area contributed by atoms with Crippen LogP contribution in [0.5, 0.6) is 0 Å². The maximum atomic E-state index is 14.0. The molecule has 4 heterocycles. The Morgan fingerprint density at radius 2 is 1.85 bits per heavy atom. The molecule has 1 aliphatic heterocycles. The third kappa shape index (κ3) is 5.55. The Labute approximate surface area is 217 Å². The van der Waals surface area contributed by atoms with Gasteiger partial charge in [0, 0.05) is 30.9 Å². The second kappa shape index (κ2) is 10.1. The first-order valence-electron chi connectivity index (χ1n) is 12.0. The minimum absolute atomic E-state index is 0.0155. The van der Waals surface area contributed by atoms with E-state index in [0.29, 0.717) is 11.6 Å². The number of carbonyl (C=O) groups is 1. The lowest BCUT2D eigenvalue weighted by atomic mass is 9.95. The molecule has 1 amide bonds. The summed E-state index contributed by atoms with van der Waals surface area (Å²) in [7, 11) is 0. The largest absolute Gasteiger partial charge is 0.426 e. The van der Waals surface area contributed by atoms with Gasteiger partial charge in [0.05, 0.1) is 17.4 Å². The minimum Gasteiger partial charge on any atom is -0.416 e. The van der Waals surface area contributed by atoms with Gasteiger partial charge in [-0.05, 0) is 39.2 Å². The van der Waals surface area contributed by atoms with Gasteiger partial charge in [0.15, 0.2) is 5.69 Å². The van der Waals surface area contributed by atoms with Crippen molar-refractivity contribution < 1.29 is 40.7 Å². The van der Waals surface area contributed by atoms with Gasteiger partial charge < -0.3 is 20.2 Å². The van der Waals surface area contributed by atoms with E-state index in [9.17, 15) is 36.2 Å². The summed E-state index contributed by atoms with van der Waals surface area (Å²) in [6.45, 7) is 3.49. The number of halogens is 6. The van der Waals surface area contributed by atoms with Gasteiger partial charge in [-0.2, -0.15) is 31.4 Å². The Morgan fingerprint density at radius 1 is 1.13 bits per heavy atom. The maximum absolute atomic E-state index is 14.0. The molecule has 10 nitrogen and oxygen atoms in total. The third-order valence-corrected chi connectivity index (χ3v) is 6.32. The molecular weight excluding hydrogens is 536 g/mol. The van der Waals surface area contributed by atoms with Crippen molar-refractivity contribution in [2.75, 3.05) is 12.3 Å². The highest BCUT2D eigenvalue weighted by Gasteiger charge is 2.58. The number of nitrogens with zero attached hydrogens (tertiary/aromatic N) is 6. The Kier molecular flexibility index (Phi) is 7.35. The van der Waals surface area contributed by atoms with Crippen molar-refractivity contribution in [2.24, 2.45) is 0 Å². The molecule has 0 saturated heterocycles. The Bertz CT molecular complexity index is 1350. The molecule has 3 aromatic heterocycles. The van der Waals surface area contributed by atoms with Gasteiger partial charge in [0.2, 0.25) is 5.60 Å². The van der Waals surface area contributed by atoms with Crippen molar-refractivity contribution in [1.82, 2.24) is 29.9 Å². The molecule has 0 radical (unpaired) electrons. The first kappa shape index (κ1) is 28.3. The van der Waals surface area contributed by atoms with E-state index in [1.165, 1.54) is 6.20 Å². The van der Waals surface area contributed by atoms with Crippen molar-refractivity contribution in [3.8, 4) is 11.6 Å². The number of alkyl halides is 6. The Hall–Kier alpha value is -3.69. The molecular formula is C23H25F6N7O3. The number of rotatable bonds is 3. The van der Waals surface area contributed by atoms with E-state index < -0.39 is 64.7 Å². The lowest BCUT2D eigenvalue weighted by molar-refractivity contribution is -0.277. The molecule has 0 unspecified atom stereocenters. The average Bonchev–Trinajstić information content (AvgIpc) is 3.51. The van der Waals surface area contributed by atoms with Gasteiger partial charge in [-0.15, -0.1) is 10.2 Å². The molecule has 212 valence electrons. The van der Waals surface area contributed by atoms with Gasteiger partial charge >= 0.3 is 12.4 Å². The fourth-order valence-electron chi connectivity index (χ4n) is 4.16. The van der Waals surface area contributed by atoms with Crippen LogP contribution in [0.4, 0.5) is 32.0 Å². The SMILES string of the molecule is CC(C)n1cc(CN2CCCCC[C@](O)(C(F)(F)F)c3nnc(o3)-c3nc(c(C(F)(F)F)cc3N)C2=O)cn1. The molecule has 0 aromatic carbocycles. The predicted molar refractivity (Wildman–Crippen MR) is 123 cm³/mol. The van der Waals surface area contributed by atoms with E-state index in [-0.39, 0.29) is 38.4 Å². The van der Waals surface area contributed by atoms with E-state index in [1.54, 1.807) is 10.9 Å². The molecule has 0 aliphatic carbocycles. The molecule has 1 aliphatic rings. The summed E-state index contributed by atoms with van der Waals surface area (Å²) in [4.78, 5) is 18.4. The van der Waals surface area contributed by atoms with Crippen LogP contribution < -0.4 is 5.73 Å². The van der Waals surface area contributed by atoms with E-state index in [1.807, 2.05) is 13.8 Å². The van der Waals surface area contributed by atoms with Crippen LogP contribution in [0.15, 0.2) is 22.9 Å². The second-order valence-corrected chi connectivity index (χ2v) is 9.55. The van der Waals surface area contributed by atoms with E-state index >= 15 is 0 Å². The molecule has 3 aromatic rings. The van der Waals surface area contributed by atoms with Crippen LogP contribution in [0.1, 0.15) is 73.1 Å². The number of nitrogen functional groups attached to an aromatic ring is 1. The van der Waals surface area contributed by atoms with Crippen LogP contribution >= 0.6 is 0 Å². The van der Waals surface area contributed by atoms with E-state index in [0.717, 1.165) is 4.90 Å². The van der Waals surface area contributed by atoms with Crippen molar-refractivity contribution in [1.29, 1.82) is 0 Å². The summed E-state index contributed by atoms with van der Waals surface area (Å²) in [5.74, 6) is -3.07. The zero-order valence-corrected chi connectivity index (χ0v) is 20.8. The molecule has 3 N–H and O–H groups in total. The van der Waals surface area contributed by atoms with Crippen molar-refractivity contribution in [3.05, 3.63) is 41.2 Å². The number of aromatic nitrogens is 5. The quantitative estimate of drug-likeness (QED) is 0.447. The Balaban J connectivity index is 1.85. The average molecular weight is 561 g/mol. The van der Waals surface area contributed by atoms with Crippen LogP contribution in [-0.2, 0) is 18.3 Å². The molecule has 0 saturated carbocycles. The molecule has 4 rings (SSSR count). The third-order valence-electron chi connectivity index (χ3n) is 6.32. The second-order valence-electron chi connectivity index (χ2n) is 9.55. The smallest absolute Gasteiger partial charge is 0.416 e. The topological polar surface area (TPSA) is 136 Å². The number of fused-ring (bicyclic) bond motifs is 5. The fraction of sp³-hybridized carbons (Fsp3) is 0.522. The summed E-state index contributed by atoms with van der Waals surface area (Å²) in [6, 6.07) is 0.425. The molecule has 0 spiro atoms. The zero-order valence-electron chi connectivity index (χ0n) is 20.8. The van der Waals surface area contributed by atoms with Crippen molar-refractivity contribution >= 4 is 11.6 Å². The molecule has 4 bridgehead atoms. The van der Waals surface area contributed by atoms with Crippen LogP contribution in [0.3, 0.4) is 0 Å². The zero-order chi connectivity index (χ0) is 28.8. The number of carbonyl (C=O) groups excluding carboxylic acids is 1. The lowest BCUT2D eigenvalue weighted by Crippen LogP contribution is -2.42. The minimum atomic E-state index is -5.20. The highest BCUT2D eigenvalue weighted by Crippen LogP contribution is 2.43. The lowest BCUT2D eigenvalue weighted by Gasteiger charge is -2.27. The number of nitrogens with two attached hydrogens (primary N) is 1.